The first-order valence-electron chi connectivity index (χ1n) is 11.0. The van der Waals surface area contributed by atoms with Crippen molar-refractivity contribution in [3.8, 4) is 22.6 Å². The summed E-state index contributed by atoms with van der Waals surface area (Å²) in [4.78, 5) is 42.3. The molecule has 0 saturated carbocycles. The third-order valence-corrected chi connectivity index (χ3v) is 6.29. The van der Waals surface area contributed by atoms with Gasteiger partial charge in [-0.05, 0) is 53.9 Å². The highest BCUT2D eigenvalue weighted by Crippen LogP contribution is 2.31. The second-order valence-corrected chi connectivity index (χ2v) is 8.28. The fraction of sp³-hybridized carbons (Fsp3) is 0.200. The van der Waals surface area contributed by atoms with Gasteiger partial charge >= 0.3 is 17.8 Å². The molecular formula is C25H22N4O6. The second kappa shape index (κ2) is 8.64. The van der Waals surface area contributed by atoms with Crippen LogP contribution in [0, 0.1) is 0 Å². The van der Waals surface area contributed by atoms with E-state index in [1.165, 1.54) is 21.1 Å². The van der Waals surface area contributed by atoms with Gasteiger partial charge in [-0.15, -0.1) is 0 Å². The Morgan fingerprint density at radius 2 is 1.83 bits per heavy atom. The number of likely N-dealkylation sites (tertiary alicyclic amines) is 1. The van der Waals surface area contributed by atoms with Gasteiger partial charge in [-0.25, -0.2) is 19.4 Å². The molecule has 1 aliphatic heterocycles. The molecule has 0 spiro atoms. The van der Waals surface area contributed by atoms with Crippen LogP contribution in [0.1, 0.15) is 22.8 Å². The lowest BCUT2D eigenvalue weighted by Crippen LogP contribution is -2.31. The average molecular weight is 474 g/mol. The maximum absolute atomic E-state index is 13.6. The Balaban J connectivity index is 1.56. The summed E-state index contributed by atoms with van der Waals surface area (Å²) in [5.41, 5.74) is 2.71. The molecule has 0 aliphatic carbocycles. The van der Waals surface area contributed by atoms with Crippen LogP contribution < -0.4 is 5.69 Å². The van der Waals surface area contributed by atoms with Crippen LogP contribution in [-0.4, -0.2) is 61.5 Å². The molecular weight excluding hydrogens is 452 g/mol. The van der Waals surface area contributed by atoms with Crippen LogP contribution in [-0.2, 0) is 4.74 Å². The zero-order valence-corrected chi connectivity index (χ0v) is 18.8. The Morgan fingerprint density at radius 3 is 2.49 bits per heavy atom. The molecule has 35 heavy (non-hydrogen) atoms. The molecule has 1 amide bonds. The van der Waals surface area contributed by atoms with Crippen molar-refractivity contribution in [2.45, 2.75) is 12.5 Å². The summed E-state index contributed by atoms with van der Waals surface area (Å²) in [6.07, 6.45) is 1.05. The number of carbonyl (C=O) groups is 2. The molecule has 10 heteroatoms. The van der Waals surface area contributed by atoms with E-state index in [4.69, 9.17) is 4.74 Å². The number of phenols is 1. The van der Waals surface area contributed by atoms with Gasteiger partial charge in [0.15, 0.2) is 5.65 Å². The SMILES string of the molecule is COC(=O)c1ccc(-c2ccc(-n3c(=O)n([C@H]4CCN(C(=O)O)C4)c4ncccc43)c(O)c2)cc1. The van der Waals surface area contributed by atoms with E-state index in [0.29, 0.717) is 35.3 Å². The predicted octanol–water partition coefficient (Wildman–Crippen LogP) is 3.27. The summed E-state index contributed by atoms with van der Waals surface area (Å²) < 4.78 is 7.62. The Hall–Kier alpha value is -4.60. The number of benzene rings is 2. The van der Waals surface area contributed by atoms with Gasteiger partial charge in [0.1, 0.15) is 5.75 Å². The molecule has 1 fully saturated rings. The second-order valence-electron chi connectivity index (χ2n) is 8.28. The highest BCUT2D eigenvalue weighted by Gasteiger charge is 2.31. The number of methoxy groups -OCH3 is 1. The Labute approximate surface area is 199 Å². The van der Waals surface area contributed by atoms with E-state index in [1.807, 2.05) is 0 Å². The normalized spacial score (nSPS) is 15.5. The molecule has 178 valence electrons. The first kappa shape index (κ1) is 22.2. The molecule has 5 rings (SSSR count). The lowest BCUT2D eigenvalue weighted by atomic mass is 10.0. The van der Waals surface area contributed by atoms with Gasteiger partial charge in [-0.1, -0.05) is 18.2 Å². The van der Waals surface area contributed by atoms with Crippen molar-refractivity contribution >= 4 is 23.2 Å². The average Bonchev–Trinajstić information content (AvgIpc) is 3.46. The van der Waals surface area contributed by atoms with E-state index in [2.05, 4.69) is 4.98 Å². The van der Waals surface area contributed by atoms with Gasteiger partial charge in [0.05, 0.1) is 29.9 Å². The Bertz CT molecular complexity index is 1500. The number of phenolic OH excluding ortho intramolecular Hbond substituents is 1. The number of rotatable bonds is 4. The molecule has 10 nitrogen and oxygen atoms in total. The summed E-state index contributed by atoms with van der Waals surface area (Å²) in [6.45, 7) is 0.526. The van der Waals surface area contributed by atoms with Gasteiger partial charge in [-0.3, -0.25) is 9.13 Å². The minimum Gasteiger partial charge on any atom is -0.506 e. The number of carboxylic acid groups (broad SMARTS) is 1. The van der Waals surface area contributed by atoms with Crippen molar-refractivity contribution < 1.29 is 24.5 Å². The number of aromatic nitrogens is 3. The lowest BCUT2D eigenvalue weighted by Gasteiger charge is -2.13. The molecule has 0 radical (unpaired) electrons. The van der Waals surface area contributed by atoms with Gasteiger partial charge in [0, 0.05) is 19.3 Å². The highest BCUT2D eigenvalue weighted by atomic mass is 16.5. The fourth-order valence-electron chi connectivity index (χ4n) is 4.55. The number of esters is 1. The van der Waals surface area contributed by atoms with Crippen molar-refractivity contribution in [1.82, 2.24) is 19.0 Å². The number of carbonyl (C=O) groups excluding carboxylic acids is 1. The summed E-state index contributed by atoms with van der Waals surface area (Å²) in [7, 11) is 1.32. The first-order valence-corrected chi connectivity index (χ1v) is 11.0. The van der Waals surface area contributed by atoms with Crippen LogP contribution in [0.2, 0.25) is 0 Å². The largest absolute Gasteiger partial charge is 0.506 e. The number of fused-ring (bicyclic) bond motifs is 1. The van der Waals surface area contributed by atoms with E-state index < -0.39 is 17.8 Å². The molecule has 2 N–H and O–H groups in total. The fourth-order valence-corrected chi connectivity index (χ4v) is 4.55. The number of hydrogen-bond donors (Lipinski definition) is 2. The first-order chi connectivity index (χ1) is 16.9. The van der Waals surface area contributed by atoms with Crippen LogP contribution in [0.5, 0.6) is 5.75 Å². The summed E-state index contributed by atoms with van der Waals surface area (Å²) in [5.74, 6) is -0.545. The van der Waals surface area contributed by atoms with Crippen molar-refractivity contribution in [2.75, 3.05) is 20.2 Å². The number of imidazole rings is 1. The topological polar surface area (TPSA) is 127 Å². The van der Waals surface area contributed by atoms with Gasteiger partial charge in [0.25, 0.3) is 0 Å². The van der Waals surface area contributed by atoms with Crippen LogP contribution in [0.15, 0.2) is 65.6 Å². The highest BCUT2D eigenvalue weighted by molar-refractivity contribution is 5.90. The van der Waals surface area contributed by atoms with Gasteiger partial charge in [-0.2, -0.15) is 0 Å². The van der Waals surface area contributed by atoms with E-state index in [0.717, 1.165) is 5.56 Å². The van der Waals surface area contributed by atoms with E-state index in [9.17, 15) is 24.6 Å². The smallest absolute Gasteiger partial charge is 0.407 e. The van der Waals surface area contributed by atoms with Crippen LogP contribution in [0.4, 0.5) is 4.79 Å². The number of nitrogens with zero attached hydrogens (tertiary/aromatic N) is 4. The minimum absolute atomic E-state index is 0.108. The molecule has 1 atom stereocenters. The lowest BCUT2D eigenvalue weighted by molar-refractivity contribution is 0.0600. The Morgan fingerprint density at radius 1 is 1.09 bits per heavy atom. The molecule has 4 aromatic rings. The number of ether oxygens (including phenoxy) is 1. The third-order valence-electron chi connectivity index (χ3n) is 6.29. The molecule has 0 unspecified atom stereocenters. The molecule has 1 aliphatic rings. The van der Waals surface area contributed by atoms with E-state index in [-0.39, 0.29) is 24.0 Å². The van der Waals surface area contributed by atoms with E-state index >= 15 is 0 Å². The summed E-state index contributed by atoms with van der Waals surface area (Å²) in [5, 5.41) is 20.2. The van der Waals surface area contributed by atoms with Crippen molar-refractivity contribution in [2.24, 2.45) is 0 Å². The summed E-state index contributed by atoms with van der Waals surface area (Å²) in [6, 6.07) is 14.8. The number of aromatic hydroxyl groups is 1. The molecule has 2 aromatic carbocycles. The van der Waals surface area contributed by atoms with Gasteiger partial charge in [0.2, 0.25) is 0 Å². The molecule has 3 heterocycles. The van der Waals surface area contributed by atoms with Crippen molar-refractivity contribution in [3.63, 3.8) is 0 Å². The van der Waals surface area contributed by atoms with Crippen LogP contribution >= 0.6 is 0 Å². The molecule has 0 bridgehead atoms. The summed E-state index contributed by atoms with van der Waals surface area (Å²) >= 11 is 0. The number of hydrogen-bond acceptors (Lipinski definition) is 6. The molecule has 1 saturated heterocycles. The monoisotopic (exact) mass is 474 g/mol. The zero-order valence-electron chi connectivity index (χ0n) is 18.8. The quantitative estimate of drug-likeness (QED) is 0.435. The number of pyridine rings is 1. The maximum Gasteiger partial charge on any atom is 0.407 e. The van der Waals surface area contributed by atoms with Gasteiger partial charge < -0.3 is 19.8 Å². The van der Waals surface area contributed by atoms with Crippen molar-refractivity contribution in [3.05, 3.63) is 76.8 Å². The van der Waals surface area contributed by atoms with E-state index in [1.54, 1.807) is 60.8 Å². The third kappa shape index (κ3) is 3.78. The van der Waals surface area contributed by atoms with Crippen LogP contribution in [0.3, 0.4) is 0 Å². The van der Waals surface area contributed by atoms with Crippen LogP contribution in [0.25, 0.3) is 28.0 Å². The molecule has 2 aromatic heterocycles. The zero-order chi connectivity index (χ0) is 24.7. The minimum atomic E-state index is -1.02. The predicted molar refractivity (Wildman–Crippen MR) is 127 cm³/mol. The Kier molecular flexibility index (Phi) is 5.48. The standard InChI is InChI=1S/C25H22N4O6/c1-35-23(31)16-6-4-15(5-7-16)17-8-9-19(21(30)13-17)29-20-3-2-11-26-22(20)28(24(29)32)18-10-12-27(14-18)25(33)34/h2-9,11,13,18,30H,10,12,14H2,1H3,(H,33,34)/t18-/m0/s1. The van der Waals surface area contributed by atoms with Crippen molar-refractivity contribution in [1.29, 1.82) is 0 Å². The number of amides is 1. The maximum atomic E-state index is 13.6.